The quantitative estimate of drug-likeness (QED) is 0.679. The monoisotopic (exact) mass is 244 g/mol. The van der Waals surface area contributed by atoms with Crippen molar-refractivity contribution in [2.75, 3.05) is 0 Å². The lowest BCUT2D eigenvalue weighted by atomic mass is 9.96. The van der Waals surface area contributed by atoms with Gasteiger partial charge in [-0.1, -0.05) is 26.8 Å². The van der Waals surface area contributed by atoms with Crippen molar-refractivity contribution in [2.24, 2.45) is 5.41 Å². The molecule has 0 saturated carbocycles. The zero-order valence-corrected chi connectivity index (χ0v) is 10.00. The summed E-state index contributed by atoms with van der Waals surface area (Å²) >= 11 is 5.19. The minimum atomic E-state index is 0.274. The summed E-state index contributed by atoms with van der Waals surface area (Å²) in [7, 11) is 0. The van der Waals surface area contributed by atoms with Crippen molar-refractivity contribution in [3.63, 3.8) is 0 Å². The van der Waals surface area contributed by atoms with E-state index in [1.54, 1.807) is 11.3 Å². The molecular formula is C10H13BrS. The molecule has 0 bridgehead atoms. The molecule has 1 aromatic heterocycles. The summed E-state index contributed by atoms with van der Waals surface area (Å²) in [6.45, 7) is 6.60. The largest absolute Gasteiger partial charge is 0.143 e. The van der Waals surface area contributed by atoms with Crippen molar-refractivity contribution in [1.82, 2.24) is 0 Å². The summed E-state index contributed by atoms with van der Waals surface area (Å²) < 4.78 is 1.17. The Morgan fingerprint density at radius 1 is 1.42 bits per heavy atom. The van der Waals surface area contributed by atoms with Crippen LogP contribution in [0.1, 0.15) is 25.6 Å². The summed E-state index contributed by atoms with van der Waals surface area (Å²) in [6, 6.07) is 2.13. The third kappa shape index (κ3) is 3.55. The number of hydrogen-bond donors (Lipinski definition) is 0. The second-order valence-corrected chi connectivity index (χ2v) is 5.73. The van der Waals surface area contributed by atoms with E-state index in [1.165, 1.54) is 9.35 Å². The molecule has 0 atom stereocenters. The van der Waals surface area contributed by atoms with Crippen LogP contribution in [0.4, 0.5) is 0 Å². The molecule has 12 heavy (non-hydrogen) atoms. The maximum absolute atomic E-state index is 3.43. The van der Waals surface area contributed by atoms with E-state index in [9.17, 15) is 0 Å². The van der Waals surface area contributed by atoms with E-state index in [4.69, 9.17) is 0 Å². The van der Waals surface area contributed by atoms with E-state index < -0.39 is 0 Å². The summed E-state index contributed by atoms with van der Waals surface area (Å²) in [5.41, 5.74) is 0.274. The smallest absolute Gasteiger partial charge is 0.0288 e. The van der Waals surface area contributed by atoms with E-state index in [-0.39, 0.29) is 5.41 Å². The fourth-order valence-electron chi connectivity index (χ4n) is 0.748. The van der Waals surface area contributed by atoms with Crippen molar-refractivity contribution in [2.45, 2.75) is 20.8 Å². The molecule has 0 fully saturated rings. The minimum Gasteiger partial charge on any atom is -0.143 e. The van der Waals surface area contributed by atoms with Gasteiger partial charge in [-0.15, -0.1) is 11.3 Å². The highest BCUT2D eigenvalue weighted by atomic mass is 79.9. The molecule has 0 radical (unpaired) electrons. The Hall–Kier alpha value is -0.0800. The molecule has 0 saturated heterocycles. The molecule has 0 aliphatic rings. The van der Waals surface area contributed by atoms with Crippen LogP contribution in [0.2, 0.25) is 0 Å². The standard InChI is InChI=1S/C10H13BrS/c1-10(2,3)5-4-9-6-8(11)7-12-9/h4-7H,1-3H3/b5-4+. The SMILES string of the molecule is CC(C)(C)/C=C/c1cc(Br)cs1. The average molecular weight is 245 g/mol. The highest BCUT2D eigenvalue weighted by Crippen LogP contribution is 2.23. The lowest BCUT2D eigenvalue weighted by Gasteiger charge is -2.10. The van der Waals surface area contributed by atoms with Gasteiger partial charge in [-0.3, -0.25) is 0 Å². The molecule has 0 amide bonds. The molecule has 2 heteroatoms. The molecule has 0 aliphatic heterocycles. The third-order valence-electron chi connectivity index (χ3n) is 1.34. The minimum absolute atomic E-state index is 0.274. The number of thiophene rings is 1. The van der Waals surface area contributed by atoms with Crippen LogP contribution in [0.15, 0.2) is 22.0 Å². The Morgan fingerprint density at radius 3 is 2.50 bits per heavy atom. The fourth-order valence-corrected chi connectivity index (χ4v) is 2.08. The maximum Gasteiger partial charge on any atom is 0.0288 e. The number of hydrogen-bond acceptors (Lipinski definition) is 1. The maximum atomic E-state index is 3.43. The lowest BCUT2D eigenvalue weighted by Crippen LogP contribution is -1.97. The molecule has 0 aromatic carbocycles. The van der Waals surface area contributed by atoms with Gasteiger partial charge in [0.1, 0.15) is 0 Å². The van der Waals surface area contributed by atoms with Crippen LogP contribution in [-0.4, -0.2) is 0 Å². The molecule has 0 aliphatic carbocycles. The Kier molecular flexibility index (Phi) is 3.13. The van der Waals surface area contributed by atoms with Crippen molar-refractivity contribution in [3.8, 4) is 0 Å². The van der Waals surface area contributed by atoms with E-state index >= 15 is 0 Å². The molecule has 66 valence electrons. The van der Waals surface area contributed by atoms with E-state index in [0.29, 0.717) is 0 Å². The summed E-state index contributed by atoms with van der Waals surface area (Å²) in [4.78, 5) is 1.30. The van der Waals surface area contributed by atoms with Gasteiger partial charge in [0.15, 0.2) is 0 Å². The predicted octanol–water partition coefficient (Wildman–Crippen LogP) is 4.57. The first kappa shape index (κ1) is 10.0. The molecule has 0 N–H and O–H groups in total. The van der Waals surface area contributed by atoms with Gasteiger partial charge in [0.2, 0.25) is 0 Å². The van der Waals surface area contributed by atoms with Crippen molar-refractivity contribution >= 4 is 33.3 Å². The van der Waals surface area contributed by atoms with Gasteiger partial charge in [0, 0.05) is 14.7 Å². The first-order valence-corrected chi connectivity index (χ1v) is 5.58. The van der Waals surface area contributed by atoms with Crippen molar-refractivity contribution in [3.05, 3.63) is 26.9 Å². The second kappa shape index (κ2) is 3.75. The normalized spacial score (nSPS) is 12.7. The third-order valence-corrected chi connectivity index (χ3v) is 2.99. The predicted molar refractivity (Wildman–Crippen MR) is 60.5 cm³/mol. The van der Waals surface area contributed by atoms with Gasteiger partial charge in [0.05, 0.1) is 0 Å². The highest BCUT2D eigenvalue weighted by molar-refractivity contribution is 9.10. The fraction of sp³-hybridized carbons (Fsp3) is 0.400. The first-order chi connectivity index (χ1) is 5.47. The Labute approximate surface area is 86.4 Å². The van der Waals surface area contributed by atoms with Crippen LogP contribution >= 0.6 is 27.3 Å². The first-order valence-electron chi connectivity index (χ1n) is 3.91. The summed E-state index contributed by atoms with van der Waals surface area (Å²) in [5.74, 6) is 0. The van der Waals surface area contributed by atoms with Crippen LogP contribution in [-0.2, 0) is 0 Å². The van der Waals surface area contributed by atoms with E-state index in [2.05, 4.69) is 60.3 Å². The highest BCUT2D eigenvalue weighted by Gasteiger charge is 2.03. The van der Waals surface area contributed by atoms with Crippen LogP contribution in [0, 0.1) is 5.41 Å². The lowest BCUT2D eigenvalue weighted by molar-refractivity contribution is 0.547. The van der Waals surface area contributed by atoms with Gasteiger partial charge in [-0.05, 0) is 33.5 Å². The van der Waals surface area contributed by atoms with Crippen LogP contribution in [0.25, 0.3) is 6.08 Å². The van der Waals surface area contributed by atoms with Crippen molar-refractivity contribution in [1.29, 1.82) is 0 Å². The average Bonchev–Trinajstić information content (AvgIpc) is 2.30. The molecule has 1 aromatic rings. The molecule has 1 heterocycles. The Bertz CT molecular complexity index is 278. The number of rotatable bonds is 1. The summed E-state index contributed by atoms with van der Waals surface area (Å²) in [5, 5.41) is 2.10. The van der Waals surface area contributed by atoms with Gasteiger partial charge in [-0.25, -0.2) is 0 Å². The van der Waals surface area contributed by atoms with Gasteiger partial charge < -0.3 is 0 Å². The second-order valence-electron chi connectivity index (χ2n) is 3.87. The van der Waals surface area contributed by atoms with Gasteiger partial charge >= 0.3 is 0 Å². The zero-order valence-electron chi connectivity index (χ0n) is 7.60. The van der Waals surface area contributed by atoms with E-state index in [0.717, 1.165) is 0 Å². The van der Waals surface area contributed by atoms with Crippen LogP contribution in [0.3, 0.4) is 0 Å². The zero-order chi connectivity index (χ0) is 9.19. The molecule has 1 rings (SSSR count). The van der Waals surface area contributed by atoms with Crippen molar-refractivity contribution < 1.29 is 0 Å². The number of allylic oxidation sites excluding steroid dienone is 1. The number of halogens is 1. The summed E-state index contributed by atoms with van der Waals surface area (Å²) in [6.07, 6.45) is 4.40. The van der Waals surface area contributed by atoms with Crippen LogP contribution < -0.4 is 0 Å². The molecule has 0 nitrogen and oxygen atoms in total. The molecular weight excluding hydrogens is 232 g/mol. The molecule has 0 spiro atoms. The Morgan fingerprint density at radius 2 is 2.08 bits per heavy atom. The van der Waals surface area contributed by atoms with E-state index in [1.807, 2.05) is 0 Å². The van der Waals surface area contributed by atoms with Gasteiger partial charge in [0.25, 0.3) is 0 Å². The van der Waals surface area contributed by atoms with Crippen LogP contribution in [0.5, 0.6) is 0 Å². The topological polar surface area (TPSA) is 0 Å². The van der Waals surface area contributed by atoms with Gasteiger partial charge in [-0.2, -0.15) is 0 Å². The molecule has 0 unspecified atom stereocenters. The Balaban J connectivity index is 2.70.